The van der Waals surface area contributed by atoms with Gasteiger partial charge in [0, 0.05) is 32.1 Å². The lowest BCUT2D eigenvalue weighted by atomic mass is 10.0. The van der Waals surface area contributed by atoms with E-state index in [1.807, 2.05) is 20.9 Å². The molecule has 0 saturated carbocycles. The average molecular weight is 412 g/mol. The maximum absolute atomic E-state index is 14.6. The van der Waals surface area contributed by atoms with Crippen molar-refractivity contribution in [1.29, 1.82) is 0 Å². The number of nitrogens with one attached hydrogen (secondary N) is 2. The van der Waals surface area contributed by atoms with Gasteiger partial charge in [-0.2, -0.15) is 5.10 Å². The minimum absolute atomic E-state index is 0.0455. The third-order valence-electron chi connectivity index (χ3n) is 4.96. The summed E-state index contributed by atoms with van der Waals surface area (Å²) in [5.41, 5.74) is 4.33. The first-order chi connectivity index (χ1) is 14.3. The molecule has 158 valence electrons. The second-order valence-electron chi connectivity index (χ2n) is 6.94. The minimum atomic E-state index is -0.466. The number of halogens is 1. The SMILES string of the molecule is CNC(=O)c1cc(CCc2cnc(Nc3c(C)nn(C)c3C)nc2)c(F)c(OC)c1. The van der Waals surface area contributed by atoms with E-state index in [0.717, 1.165) is 22.6 Å². The van der Waals surface area contributed by atoms with Crippen molar-refractivity contribution in [2.75, 3.05) is 19.5 Å². The van der Waals surface area contributed by atoms with Crippen molar-refractivity contribution in [2.45, 2.75) is 26.7 Å². The number of ether oxygens (including phenoxy) is 1. The van der Waals surface area contributed by atoms with Crippen LogP contribution in [0, 0.1) is 19.7 Å². The van der Waals surface area contributed by atoms with E-state index in [0.29, 0.717) is 29.9 Å². The summed E-state index contributed by atoms with van der Waals surface area (Å²) in [5, 5.41) is 10.1. The molecule has 1 aromatic carbocycles. The molecule has 0 atom stereocenters. The molecule has 0 aliphatic rings. The van der Waals surface area contributed by atoms with Gasteiger partial charge in [0.2, 0.25) is 5.95 Å². The van der Waals surface area contributed by atoms with Crippen molar-refractivity contribution in [3.05, 3.63) is 58.4 Å². The van der Waals surface area contributed by atoms with E-state index < -0.39 is 5.82 Å². The minimum Gasteiger partial charge on any atom is -0.494 e. The van der Waals surface area contributed by atoms with Gasteiger partial charge in [0.05, 0.1) is 24.2 Å². The number of rotatable bonds is 7. The summed E-state index contributed by atoms with van der Waals surface area (Å²) < 4.78 is 21.5. The molecule has 0 aliphatic carbocycles. The van der Waals surface area contributed by atoms with E-state index in [-0.39, 0.29) is 11.7 Å². The molecule has 3 rings (SSSR count). The van der Waals surface area contributed by atoms with Crippen LogP contribution >= 0.6 is 0 Å². The molecule has 3 aromatic rings. The van der Waals surface area contributed by atoms with Crippen LogP contribution < -0.4 is 15.4 Å². The Hall–Kier alpha value is -3.49. The van der Waals surface area contributed by atoms with Crippen molar-refractivity contribution >= 4 is 17.5 Å². The molecule has 2 heterocycles. The number of methoxy groups -OCH3 is 1. The normalized spacial score (nSPS) is 10.7. The highest BCUT2D eigenvalue weighted by Gasteiger charge is 2.15. The summed E-state index contributed by atoms with van der Waals surface area (Å²) in [6.07, 6.45) is 4.30. The van der Waals surface area contributed by atoms with Crippen LogP contribution in [0.25, 0.3) is 0 Å². The molecular formula is C21H25FN6O2. The monoisotopic (exact) mass is 412 g/mol. The van der Waals surface area contributed by atoms with Crippen LogP contribution in [0.1, 0.15) is 32.9 Å². The lowest BCUT2D eigenvalue weighted by Gasteiger charge is -2.11. The van der Waals surface area contributed by atoms with Crippen LogP contribution in [0.4, 0.5) is 16.0 Å². The first-order valence-electron chi connectivity index (χ1n) is 9.50. The van der Waals surface area contributed by atoms with Crippen LogP contribution in [0.5, 0.6) is 5.75 Å². The zero-order valence-electron chi connectivity index (χ0n) is 17.7. The molecule has 0 aliphatic heterocycles. The molecule has 1 amide bonds. The number of nitrogens with zero attached hydrogens (tertiary/aromatic N) is 4. The van der Waals surface area contributed by atoms with Gasteiger partial charge in [-0.25, -0.2) is 14.4 Å². The lowest BCUT2D eigenvalue weighted by molar-refractivity contribution is 0.0962. The Labute approximate surface area is 174 Å². The number of hydrogen-bond acceptors (Lipinski definition) is 6. The van der Waals surface area contributed by atoms with Crippen LogP contribution in [0.15, 0.2) is 24.5 Å². The summed E-state index contributed by atoms with van der Waals surface area (Å²) in [6.45, 7) is 3.88. The summed E-state index contributed by atoms with van der Waals surface area (Å²) in [7, 11) is 4.78. The van der Waals surface area contributed by atoms with Gasteiger partial charge in [0.15, 0.2) is 11.6 Å². The first kappa shape index (κ1) is 21.2. The zero-order valence-corrected chi connectivity index (χ0v) is 17.7. The number of carbonyl (C=O) groups excluding carboxylic acids is 1. The van der Waals surface area contributed by atoms with Crippen LogP contribution in [0.3, 0.4) is 0 Å². The molecule has 0 unspecified atom stereocenters. The fourth-order valence-electron chi connectivity index (χ4n) is 3.16. The Morgan fingerprint density at radius 3 is 2.47 bits per heavy atom. The highest BCUT2D eigenvalue weighted by molar-refractivity contribution is 5.94. The van der Waals surface area contributed by atoms with Crippen molar-refractivity contribution in [3.8, 4) is 5.75 Å². The van der Waals surface area contributed by atoms with Crippen molar-refractivity contribution in [2.24, 2.45) is 7.05 Å². The van der Waals surface area contributed by atoms with Crippen molar-refractivity contribution < 1.29 is 13.9 Å². The van der Waals surface area contributed by atoms with Gasteiger partial charge in [0.1, 0.15) is 0 Å². The number of hydrogen-bond donors (Lipinski definition) is 2. The molecule has 30 heavy (non-hydrogen) atoms. The molecule has 9 heteroatoms. The predicted octanol–water partition coefficient (Wildman–Crippen LogP) is 2.86. The fraction of sp³-hybridized carbons (Fsp3) is 0.333. The topological polar surface area (TPSA) is 94.0 Å². The summed E-state index contributed by atoms with van der Waals surface area (Å²) in [5.74, 6) is -0.252. The van der Waals surface area contributed by atoms with E-state index in [9.17, 15) is 9.18 Å². The molecule has 8 nitrogen and oxygen atoms in total. The van der Waals surface area contributed by atoms with Gasteiger partial charge in [-0.05, 0) is 49.9 Å². The molecule has 0 spiro atoms. The summed E-state index contributed by atoms with van der Waals surface area (Å²) in [6, 6.07) is 2.94. The van der Waals surface area contributed by atoms with Gasteiger partial charge >= 0.3 is 0 Å². The predicted molar refractivity (Wildman–Crippen MR) is 112 cm³/mol. The maximum atomic E-state index is 14.6. The van der Waals surface area contributed by atoms with E-state index in [1.165, 1.54) is 20.2 Å². The van der Waals surface area contributed by atoms with Gasteiger partial charge < -0.3 is 15.4 Å². The smallest absolute Gasteiger partial charge is 0.251 e. The second-order valence-corrected chi connectivity index (χ2v) is 6.94. The van der Waals surface area contributed by atoms with Crippen molar-refractivity contribution in [3.63, 3.8) is 0 Å². The van der Waals surface area contributed by atoms with Gasteiger partial charge in [-0.15, -0.1) is 0 Å². The molecular weight excluding hydrogens is 387 g/mol. The number of aryl methyl sites for hydroxylation is 4. The maximum Gasteiger partial charge on any atom is 0.251 e. The molecule has 2 aromatic heterocycles. The van der Waals surface area contributed by atoms with Crippen molar-refractivity contribution in [1.82, 2.24) is 25.1 Å². The third-order valence-corrected chi connectivity index (χ3v) is 4.96. The number of aromatic nitrogens is 4. The number of amides is 1. The lowest BCUT2D eigenvalue weighted by Crippen LogP contribution is -2.18. The molecule has 0 radical (unpaired) electrons. The quantitative estimate of drug-likeness (QED) is 0.620. The first-order valence-corrected chi connectivity index (χ1v) is 9.50. The zero-order chi connectivity index (χ0) is 21.8. The number of anilines is 2. The standard InChI is InChI=1S/C21H25FN6O2/c1-12-19(13(2)28(4)27-12)26-21-24-10-14(11-25-21)6-7-15-8-16(20(29)23-3)9-17(30-5)18(15)22/h8-11H,6-7H2,1-5H3,(H,23,29)(H,24,25,26). The largest absolute Gasteiger partial charge is 0.494 e. The van der Waals surface area contributed by atoms with Gasteiger partial charge in [0.25, 0.3) is 5.91 Å². The molecule has 0 saturated heterocycles. The van der Waals surface area contributed by atoms with Gasteiger partial charge in [-0.1, -0.05) is 0 Å². The molecule has 2 N–H and O–H groups in total. The number of carbonyl (C=O) groups is 1. The second kappa shape index (κ2) is 8.89. The van der Waals surface area contributed by atoms with E-state index in [4.69, 9.17) is 4.74 Å². The third kappa shape index (κ3) is 4.40. The number of benzene rings is 1. The highest BCUT2D eigenvalue weighted by atomic mass is 19.1. The highest BCUT2D eigenvalue weighted by Crippen LogP contribution is 2.25. The van der Waals surface area contributed by atoms with Crippen LogP contribution in [-0.2, 0) is 19.9 Å². The van der Waals surface area contributed by atoms with Crippen LogP contribution in [0.2, 0.25) is 0 Å². The average Bonchev–Trinajstić information content (AvgIpc) is 2.99. The molecule has 0 fully saturated rings. The van der Waals surface area contributed by atoms with E-state index in [1.54, 1.807) is 23.1 Å². The van der Waals surface area contributed by atoms with Crippen LogP contribution in [-0.4, -0.2) is 39.8 Å². The summed E-state index contributed by atoms with van der Waals surface area (Å²) in [4.78, 5) is 20.6. The Balaban J connectivity index is 1.73. The Morgan fingerprint density at radius 1 is 1.20 bits per heavy atom. The Bertz CT molecular complexity index is 1060. The Kier molecular flexibility index (Phi) is 6.29. The van der Waals surface area contributed by atoms with E-state index in [2.05, 4.69) is 25.7 Å². The molecule has 0 bridgehead atoms. The Morgan fingerprint density at radius 2 is 1.90 bits per heavy atom. The summed E-state index contributed by atoms with van der Waals surface area (Å²) >= 11 is 0. The van der Waals surface area contributed by atoms with E-state index >= 15 is 0 Å². The van der Waals surface area contributed by atoms with Gasteiger partial charge in [-0.3, -0.25) is 9.48 Å². The fourth-order valence-corrected chi connectivity index (χ4v) is 3.16.